The second-order valence-corrected chi connectivity index (χ2v) is 4.76. The van der Waals surface area contributed by atoms with Crippen molar-refractivity contribution in [3.8, 4) is 0 Å². The molecule has 0 aliphatic rings. The quantitative estimate of drug-likeness (QED) is 0.655. The SMILES string of the molecule is CS(=O)(=O)NCCNCc1ccco1. The predicted octanol–water partition coefficient (Wildman–Crippen LogP) is -0.0816. The molecule has 0 aromatic carbocycles. The second kappa shape index (κ2) is 5.14. The maximum Gasteiger partial charge on any atom is 0.208 e. The van der Waals surface area contributed by atoms with Gasteiger partial charge in [-0.1, -0.05) is 0 Å². The standard InChI is InChI=1S/C8H14N2O3S/c1-14(11,12)10-5-4-9-7-8-3-2-6-13-8/h2-3,6,9-10H,4-5,7H2,1H3. The summed E-state index contributed by atoms with van der Waals surface area (Å²) < 4.78 is 28.8. The highest BCUT2D eigenvalue weighted by Crippen LogP contribution is 1.97. The van der Waals surface area contributed by atoms with Crippen molar-refractivity contribution in [1.29, 1.82) is 0 Å². The molecule has 14 heavy (non-hydrogen) atoms. The molecule has 1 aromatic heterocycles. The molecular formula is C8H14N2O3S. The highest BCUT2D eigenvalue weighted by Gasteiger charge is 1.98. The van der Waals surface area contributed by atoms with Crippen molar-refractivity contribution in [3.05, 3.63) is 24.2 Å². The van der Waals surface area contributed by atoms with Crippen LogP contribution in [0.15, 0.2) is 22.8 Å². The maximum atomic E-state index is 10.7. The van der Waals surface area contributed by atoms with Crippen molar-refractivity contribution in [3.63, 3.8) is 0 Å². The molecule has 0 spiro atoms. The molecule has 0 unspecified atom stereocenters. The Labute approximate surface area is 83.5 Å². The molecule has 0 aliphatic carbocycles. The zero-order valence-corrected chi connectivity index (χ0v) is 8.80. The van der Waals surface area contributed by atoms with E-state index < -0.39 is 10.0 Å². The number of hydrogen-bond acceptors (Lipinski definition) is 4. The molecule has 0 saturated heterocycles. The van der Waals surface area contributed by atoms with Crippen LogP contribution in [-0.2, 0) is 16.6 Å². The van der Waals surface area contributed by atoms with Crippen LogP contribution in [0.3, 0.4) is 0 Å². The zero-order valence-electron chi connectivity index (χ0n) is 7.99. The normalized spacial score (nSPS) is 11.8. The lowest BCUT2D eigenvalue weighted by Gasteiger charge is -2.02. The van der Waals surface area contributed by atoms with Gasteiger partial charge in [0.15, 0.2) is 0 Å². The third-order valence-corrected chi connectivity index (χ3v) is 2.27. The van der Waals surface area contributed by atoms with E-state index in [4.69, 9.17) is 4.42 Å². The molecule has 0 aliphatic heterocycles. The number of sulfonamides is 1. The Bertz CT molecular complexity index is 345. The zero-order chi connectivity index (χ0) is 10.4. The van der Waals surface area contributed by atoms with E-state index in [9.17, 15) is 8.42 Å². The molecule has 0 amide bonds. The van der Waals surface area contributed by atoms with E-state index in [-0.39, 0.29) is 0 Å². The van der Waals surface area contributed by atoms with Gasteiger partial charge in [0.25, 0.3) is 0 Å². The lowest BCUT2D eigenvalue weighted by Crippen LogP contribution is -2.30. The minimum absolute atomic E-state index is 0.388. The van der Waals surface area contributed by atoms with E-state index in [1.807, 2.05) is 12.1 Å². The Morgan fingerprint density at radius 2 is 2.21 bits per heavy atom. The van der Waals surface area contributed by atoms with Crippen molar-refractivity contribution in [2.45, 2.75) is 6.54 Å². The van der Waals surface area contributed by atoms with E-state index in [1.165, 1.54) is 0 Å². The first-order valence-corrected chi connectivity index (χ1v) is 6.15. The Morgan fingerprint density at radius 3 is 2.79 bits per heavy atom. The lowest BCUT2D eigenvalue weighted by atomic mass is 10.4. The van der Waals surface area contributed by atoms with E-state index in [2.05, 4.69) is 10.0 Å². The number of hydrogen-bond donors (Lipinski definition) is 2. The molecule has 0 radical (unpaired) electrons. The van der Waals surface area contributed by atoms with Crippen molar-refractivity contribution < 1.29 is 12.8 Å². The van der Waals surface area contributed by atoms with Crippen molar-refractivity contribution >= 4 is 10.0 Å². The van der Waals surface area contributed by atoms with Gasteiger partial charge in [-0.2, -0.15) is 0 Å². The van der Waals surface area contributed by atoms with E-state index in [0.29, 0.717) is 19.6 Å². The van der Waals surface area contributed by atoms with Gasteiger partial charge in [-0.15, -0.1) is 0 Å². The van der Waals surface area contributed by atoms with Gasteiger partial charge >= 0.3 is 0 Å². The minimum atomic E-state index is -3.07. The number of nitrogens with one attached hydrogen (secondary N) is 2. The van der Waals surface area contributed by atoms with E-state index in [1.54, 1.807) is 6.26 Å². The molecule has 80 valence electrons. The van der Waals surface area contributed by atoms with E-state index >= 15 is 0 Å². The molecule has 6 heteroatoms. The minimum Gasteiger partial charge on any atom is -0.468 e. The van der Waals surface area contributed by atoms with Crippen LogP contribution in [0.25, 0.3) is 0 Å². The second-order valence-electron chi connectivity index (χ2n) is 2.92. The first kappa shape index (κ1) is 11.2. The van der Waals surface area contributed by atoms with Crippen LogP contribution in [0.4, 0.5) is 0 Å². The van der Waals surface area contributed by atoms with Gasteiger partial charge in [-0.25, -0.2) is 13.1 Å². The Morgan fingerprint density at radius 1 is 1.43 bits per heavy atom. The van der Waals surface area contributed by atoms with Crippen molar-refractivity contribution in [1.82, 2.24) is 10.0 Å². The molecule has 1 aromatic rings. The fraction of sp³-hybridized carbons (Fsp3) is 0.500. The van der Waals surface area contributed by atoms with Gasteiger partial charge in [-0.3, -0.25) is 0 Å². The molecule has 0 bridgehead atoms. The fourth-order valence-corrected chi connectivity index (χ4v) is 1.42. The van der Waals surface area contributed by atoms with Gasteiger partial charge in [0.2, 0.25) is 10.0 Å². The third kappa shape index (κ3) is 5.00. The topological polar surface area (TPSA) is 71.3 Å². The molecular weight excluding hydrogens is 204 g/mol. The third-order valence-electron chi connectivity index (χ3n) is 1.55. The van der Waals surface area contributed by atoms with Gasteiger partial charge in [0, 0.05) is 13.1 Å². The maximum absolute atomic E-state index is 10.7. The summed E-state index contributed by atoms with van der Waals surface area (Å²) in [6.07, 6.45) is 2.74. The summed E-state index contributed by atoms with van der Waals surface area (Å²) in [7, 11) is -3.07. The van der Waals surface area contributed by atoms with Crippen LogP contribution in [-0.4, -0.2) is 27.8 Å². The number of furan rings is 1. The van der Waals surface area contributed by atoms with Gasteiger partial charge in [0.05, 0.1) is 19.1 Å². The summed E-state index contributed by atoms with van der Waals surface area (Å²) in [5, 5.41) is 3.04. The Balaban J connectivity index is 2.06. The Kier molecular flexibility index (Phi) is 4.12. The predicted molar refractivity (Wildman–Crippen MR) is 53.3 cm³/mol. The molecule has 1 rings (SSSR count). The van der Waals surface area contributed by atoms with Crippen LogP contribution in [0.5, 0.6) is 0 Å². The van der Waals surface area contributed by atoms with Gasteiger partial charge in [-0.05, 0) is 12.1 Å². The smallest absolute Gasteiger partial charge is 0.208 e. The molecule has 0 fully saturated rings. The largest absolute Gasteiger partial charge is 0.468 e. The average Bonchev–Trinajstić information content (AvgIpc) is 2.54. The summed E-state index contributed by atoms with van der Waals surface area (Å²) in [6.45, 7) is 1.58. The molecule has 5 nitrogen and oxygen atoms in total. The van der Waals surface area contributed by atoms with E-state index in [0.717, 1.165) is 12.0 Å². The van der Waals surface area contributed by atoms with Gasteiger partial charge < -0.3 is 9.73 Å². The highest BCUT2D eigenvalue weighted by molar-refractivity contribution is 7.88. The molecule has 0 saturated carbocycles. The van der Waals surface area contributed by atoms with Crippen LogP contribution >= 0.6 is 0 Å². The molecule has 0 atom stereocenters. The fourth-order valence-electron chi connectivity index (χ4n) is 0.950. The molecule has 1 heterocycles. The first-order chi connectivity index (χ1) is 6.58. The summed E-state index contributed by atoms with van der Waals surface area (Å²) in [5.74, 6) is 0.837. The first-order valence-electron chi connectivity index (χ1n) is 4.26. The van der Waals surface area contributed by atoms with Crippen LogP contribution in [0, 0.1) is 0 Å². The van der Waals surface area contributed by atoms with Crippen LogP contribution in [0.1, 0.15) is 5.76 Å². The summed E-state index contributed by atoms with van der Waals surface area (Å²) >= 11 is 0. The summed E-state index contributed by atoms with van der Waals surface area (Å²) in [5.41, 5.74) is 0. The van der Waals surface area contributed by atoms with Crippen LogP contribution in [0.2, 0.25) is 0 Å². The van der Waals surface area contributed by atoms with Crippen molar-refractivity contribution in [2.75, 3.05) is 19.3 Å². The van der Waals surface area contributed by atoms with Crippen molar-refractivity contribution in [2.24, 2.45) is 0 Å². The average molecular weight is 218 g/mol. The van der Waals surface area contributed by atoms with Gasteiger partial charge in [0.1, 0.15) is 5.76 Å². The molecule has 2 N–H and O–H groups in total. The Hall–Kier alpha value is -0.850. The number of rotatable bonds is 6. The lowest BCUT2D eigenvalue weighted by molar-refractivity contribution is 0.483. The monoisotopic (exact) mass is 218 g/mol. The van der Waals surface area contributed by atoms with Crippen LogP contribution < -0.4 is 10.0 Å². The highest BCUT2D eigenvalue weighted by atomic mass is 32.2. The summed E-state index contributed by atoms with van der Waals surface area (Å²) in [4.78, 5) is 0. The summed E-state index contributed by atoms with van der Waals surface area (Å²) in [6, 6.07) is 3.67.